The molecule has 5 rings (SSSR count). The quantitative estimate of drug-likeness (QED) is 0.00694. The number of aliphatic hydroxyl groups is 1. The number of carbonyl (C=O) groups is 2. The molecule has 0 atom stereocenters. The van der Waals surface area contributed by atoms with Crippen LogP contribution in [0.5, 0.6) is 17.2 Å². The number of carbonyl (C=O) groups excluding carboxylic acids is 2. The topological polar surface area (TPSA) is 333 Å². The maximum Gasteiger partial charge on any atom is 0.310 e. The lowest BCUT2D eigenvalue weighted by Gasteiger charge is -2.10. The Morgan fingerprint density at radius 3 is 1.30 bits per heavy atom. The van der Waals surface area contributed by atoms with E-state index in [1.165, 1.54) is 26.1 Å². The van der Waals surface area contributed by atoms with Crippen LogP contribution in [0.4, 0.5) is 5.69 Å². The smallest absolute Gasteiger partial charge is 0.310 e. The van der Waals surface area contributed by atoms with Gasteiger partial charge in [0.25, 0.3) is 10.8 Å². The first kappa shape index (κ1) is 79.6. The van der Waals surface area contributed by atoms with E-state index in [0.717, 1.165) is 115 Å². The number of hydrogen-bond donors (Lipinski definition) is 5. The largest absolute Gasteiger partial charge is 0.493 e. The molecule has 0 unspecified atom stereocenters. The Morgan fingerprint density at radius 2 is 0.952 bits per heavy atom. The fourth-order valence-electron chi connectivity index (χ4n) is 5.99. The third kappa shape index (κ3) is 37.9. The van der Waals surface area contributed by atoms with Crippen molar-refractivity contribution in [3.05, 3.63) is 144 Å². The number of ether oxygens (including phenoxy) is 8. The maximum absolute atomic E-state index is 10.4. The van der Waals surface area contributed by atoms with Crippen molar-refractivity contribution in [1.82, 2.24) is 9.97 Å². The number of alkyl halides is 1. The summed E-state index contributed by atoms with van der Waals surface area (Å²) in [5.41, 5.74) is 8.86. The number of methoxy groups -OCH3 is 4. The first-order valence-corrected chi connectivity index (χ1v) is 26.5. The summed E-state index contributed by atoms with van der Waals surface area (Å²) >= 11 is 5.75. The monoisotopic (exact) mass is 1200 g/mol. The number of aryl methyl sites for hydroxylation is 2. The predicted molar refractivity (Wildman–Crippen MR) is 304 cm³/mol. The lowest BCUT2D eigenvalue weighted by molar-refractivity contribution is -0.909. The fourth-order valence-corrected chi connectivity index (χ4v) is 6.26. The summed E-state index contributed by atoms with van der Waals surface area (Å²) in [6.07, 6.45) is 12.3. The summed E-state index contributed by atoms with van der Waals surface area (Å²) in [5, 5.41) is 59.6. The first-order valence-electron chi connectivity index (χ1n) is 25.9. The zero-order valence-electron chi connectivity index (χ0n) is 50.7. The number of aromatic nitrogens is 5. The van der Waals surface area contributed by atoms with Gasteiger partial charge >= 0.3 is 11.9 Å². The Hall–Kier alpha value is -7.62. The number of halogens is 1. The van der Waals surface area contributed by atoms with Gasteiger partial charge in [0.1, 0.15) is 17.2 Å². The van der Waals surface area contributed by atoms with E-state index in [0.29, 0.717) is 56.8 Å². The third-order valence-electron chi connectivity index (χ3n) is 11.0. The van der Waals surface area contributed by atoms with Gasteiger partial charge in [-0.05, 0) is 65.7 Å². The van der Waals surface area contributed by atoms with Crippen LogP contribution in [0.3, 0.4) is 0 Å². The number of hydrogen-bond acceptors (Lipinski definition) is 20. The number of esters is 2. The Bertz CT molecular complexity index is 2510. The van der Waals surface area contributed by atoms with Gasteiger partial charge in [0.05, 0.1) is 53.5 Å². The molecule has 5 heterocycles. The van der Waals surface area contributed by atoms with Crippen molar-refractivity contribution in [3.8, 4) is 17.2 Å². The molecule has 5 N–H and O–H groups in total. The minimum absolute atomic E-state index is 0.0257. The molecule has 83 heavy (non-hydrogen) atoms. The molecule has 5 aromatic heterocycles. The highest BCUT2D eigenvalue weighted by molar-refractivity contribution is 6.17. The van der Waals surface area contributed by atoms with Gasteiger partial charge in [0, 0.05) is 176 Å². The van der Waals surface area contributed by atoms with E-state index in [1.54, 1.807) is 73.1 Å². The van der Waals surface area contributed by atoms with E-state index in [2.05, 4.69) is 33.3 Å². The molecule has 0 aliphatic carbocycles. The van der Waals surface area contributed by atoms with Gasteiger partial charge in [0.2, 0.25) is 35.7 Å². The van der Waals surface area contributed by atoms with Crippen LogP contribution in [0.25, 0.3) is 0 Å². The lowest BCUT2D eigenvalue weighted by Crippen LogP contribution is -2.34. The Labute approximate surface area is 491 Å². The second kappa shape index (κ2) is 49.0. The Balaban J connectivity index is -0.000000907. The molecule has 0 aliphatic rings. The van der Waals surface area contributed by atoms with Crippen molar-refractivity contribution < 1.29 is 97.6 Å². The maximum atomic E-state index is 10.4. The zero-order valence-corrected chi connectivity index (χ0v) is 51.5. The summed E-state index contributed by atoms with van der Waals surface area (Å²) in [6.45, 7) is 24.3. The third-order valence-corrected chi connectivity index (χ3v) is 11.2. The zero-order chi connectivity index (χ0) is 63.9. The molecule has 0 spiro atoms. The fraction of sp³-hybridized carbons (Fsp3) is 0.518. The SMILES string of the molecule is CC(=O)OC(C)=O.CCc1nccc(OCCCOC)c1C.COCCCO.COCCCOc1cc[n+](O)c(C)c1C.COCCCOc1ccnc(CCl)c1C.Cc1c([N+](=O)[O-])cc[n+](O)c1C.Cc1ccc[n+](O)c1C.O=[N+]([O-])O. The van der Waals surface area contributed by atoms with Crippen LogP contribution in [-0.4, -0.2) is 139 Å². The molecule has 0 aromatic carbocycles. The molecule has 0 bridgehead atoms. The summed E-state index contributed by atoms with van der Waals surface area (Å²) < 4.78 is 43.3. The van der Waals surface area contributed by atoms with E-state index in [4.69, 9.17) is 70.9 Å². The number of pyridine rings is 5. The van der Waals surface area contributed by atoms with Gasteiger partial charge in [-0.25, -0.2) is 0 Å². The van der Waals surface area contributed by atoms with Crippen molar-refractivity contribution in [3.63, 3.8) is 0 Å². The highest BCUT2D eigenvalue weighted by Gasteiger charge is 2.20. The van der Waals surface area contributed by atoms with Crippen LogP contribution in [0, 0.1) is 75.6 Å². The van der Waals surface area contributed by atoms with E-state index in [-0.39, 0.29) is 12.3 Å². The first-order chi connectivity index (χ1) is 39.3. The van der Waals surface area contributed by atoms with E-state index in [1.807, 2.05) is 58.9 Å². The van der Waals surface area contributed by atoms with Gasteiger partial charge in [-0.2, -0.15) is 0 Å². The van der Waals surface area contributed by atoms with Crippen molar-refractivity contribution in [1.29, 1.82) is 0 Å². The van der Waals surface area contributed by atoms with Crippen LogP contribution in [0.15, 0.2) is 67.4 Å². The van der Waals surface area contributed by atoms with Gasteiger partial charge in [-0.1, -0.05) is 6.92 Å². The van der Waals surface area contributed by atoms with Gasteiger partial charge in [-0.15, -0.1) is 21.7 Å². The average Bonchev–Trinajstić information content (AvgIpc) is 3.52. The van der Waals surface area contributed by atoms with Crippen LogP contribution in [0.2, 0.25) is 0 Å². The highest BCUT2D eigenvalue weighted by atomic mass is 35.5. The number of nitro groups is 1. The number of nitrogens with zero attached hydrogens (tertiary/aromatic N) is 7. The van der Waals surface area contributed by atoms with Crippen molar-refractivity contribution in [2.24, 2.45) is 0 Å². The van der Waals surface area contributed by atoms with Crippen LogP contribution >= 0.6 is 11.6 Å². The molecule has 5 aromatic rings. The molecule has 0 saturated heterocycles. The molecule has 0 radical (unpaired) electrons. The Morgan fingerprint density at radius 1 is 0.566 bits per heavy atom. The highest BCUT2D eigenvalue weighted by Crippen LogP contribution is 2.22. The average molecular weight is 1200 g/mol. The van der Waals surface area contributed by atoms with Crippen molar-refractivity contribution in [2.75, 3.05) is 81.3 Å². The second-order valence-electron chi connectivity index (χ2n) is 17.1. The summed E-state index contributed by atoms with van der Waals surface area (Å²) in [6, 6.07) is 10.6. The summed E-state index contributed by atoms with van der Waals surface area (Å²) in [4.78, 5) is 46.4. The normalized spacial score (nSPS) is 9.65. The second-order valence-corrected chi connectivity index (χ2v) is 17.4. The molecule has 0 amide bonds. The van der Waals surface area contributed by atoms with E-state index in [9.17, 15) is 24.9 Å². The molecule has 26 nitrogen and oxygen atoms in total. The summed E-state index contributed by atoms with van der Waals surface area (Å²) in [7, 11) is 6.68. The van der Waals surface area contributed by atoms with Gasteiger partial charge in [0.15, 0.2) is 0 Å². The van der Waals surface area contributed by atoms with Crippen LogP contribution in [-0.2, 0) is 45.6 Å². The Kier molecular flexibility index (Phi) is 47.0. The molecular formula is C56H89ClN7O19+3. The van der Waals surface area contributed by atoms with Crippen molar-refractivity contribution >= 4 is 29.2 Å². The van der Waals surface area contributed by atoms with Crippen LogP contribution < -0.4 is 28.4 Å². The summed E-state index contributed by atoms with van der Waals surface area (Å²) in [5.74, 6) is 1.91. The van der Waals surface area contributed by atoms with Gasteiger partial charge < -0.3 is 48.2 Å². The number of aliphatic hydroxyl groups excluding tert-OH is 1. The van der Waals surface area contributed by atoms with Crippen LogP contribution in [0.1, 0.15) is 103 Å². The molecule has 0 aliphatic heterocycles. The minimum Gasteiger partial charge on any atom is -0.493 e. The van der Waals surface area contributed by atoms with Gasteiger partial charge in [-0.3, -0.25) is 45.3 Å². The minimum atomic E-state index is -1.50. The molecule has 0 fully saturated rings. The lowest BCUT2D eigenvalue weighted by atomic mass is 10.1. The van der Waals surface area contributed by atoms with Crippen molar-refractivity contribution in [2.45, 2.75) is 114 Å². The molecule has 466 valence electrons. The number of rotatable bonds is 21. The van der Waals surface area contributed by atoms with E-state index < -0.39 is 21.9 Å². The standard InChI is InChI=1S/C12H19NO2.C11H16ClNO2.C11H18NO3.C7H9N2O3.C7H10NO.C4H6O3.C4H10O2.HNO3/c1-4-11-10(2)12(6-7-13-11)15-9-5-8-14-3;1-9-10(8-12)13-5-4-11(9)15-7-3-6-14-2;1-9-10(2)12(13)6-5-11(9)15-8-4-7-14-3;1-5-6(2)8(10)4-3-7(5)9(11)12;1-6-4-3-5-8(9)7(6)2;1-3(5)7-4(2)6;1-6-4-2-3-5;2-1(3)4/h6-7H,4-5,8-9H2,1-3H3;4-5H,3,6-8H2,1-2H3;5-6,13H,4,7-8H2,1-3H3;3-4,10H,1-2H3;3-5,9H,1-2H3;1-2H3;5H,2-4H2,1H3;(H,2,3,4)/q;;3*+1;;;. The predicted octanol–water partition coefficient (Wildman–Crippen LogP) is 7.48. The molecule has 0 saturated carbocycles. The van der Waals surface area contributed by atoms with E-state index >= 15 is 0 Å². The molecular weight excluding hydrogens is 1110 g/mol. The molecule has 27 heteroatoms.